The van der Waals surface area contributed by atoms with Crippen LogP contribution in [0.1, 0.15) is 51.0 Å². The summed E-state index contributed by atoms with van der Waals surface area (Å²) in [6, 6.07) is 7.55. The molecule has 0 fully saturated rings. The molecule has 0 aliphatic rings. The Morgan fingerprint density at radius 2 is 1.72 bits per heavy atom. The second-order valence-electron chi connectivity index (χ2n) is 5.99. The van der Waals surface area contributed by atoms with E-state index in [1.165, 1.54) is 19.3 Å². The maximum absolute atomic E-state index is 11.8. The van der Waals surface area contributed by atoms with Gasteiger partial charge >= 0.3 is 0 Å². The molecule has 0 unspecified atom stereocenters. The molecule has 0 heterocycles. The quantitative estimate of drug-likeness (QED) is 0.387. The highest BCUT2D eigenvalue weighted by molar-refractivity contribution is 5.90. The molecule has 5 nitrogen and oxygen atoms in total. The van der Waals surface area contributed by atoms with Gasteiger partial charge in [0, 0.05) is 18.7 Å². The number of aldehydes is 1. The number of aryl methyl sites for hydroxylation is 1. The number of hydrogen-bond donors (Lipinski definition) is 1. The highest BCUT2D eigenvalue weighted by Crippen LogP contribution is 2.11. The van der Waals surface area contributed by atoms with Gasteiger partial charge in [0.05, 0.1) is 26.2 Å². The maximum Gasteiger partial charge on any atom is 0.226 e. The molecule has 1 N–H and O–H groups in total. The first-order valence-electron chi connectivity index (χ1n) is 9.24. The summed E-state index contributed by atoms with van der Waals surface area (Å²) in [6.07, 6.45) is 7.29. The molecular weight excluding hydrogens is 318 g/mol. The number of carbonyl (C=O) groups excluding carboxylic acids is 2. The predicted octanol–water partition coefficient (Wildman–Crippen LogP) is 3.76. The predicted molar refractivity (Wildman–Crippen MR) is 99.9 cm³/mol. The zero-order chi connectivity index (χ0) is 18.2. The normalized spacial score (nSPS) is 10.6. The Morgan fingerprint density at radius 3 is 2.40 bits per heavy atom. The number of carbonyl (C=O) groups is 2. The number of rotatable bonds is 15. The van der Waals surface area contributed by atoms with Gasteiger partial charge in [0.2, 0.25) is 5.91 Å². The van der Waals surface area contributed by atoms with Gasteiger partial charge in [0.25, 0.3) is 0 Å². The molecule has 140 valence electrons. The summed E-state index contributed by atoms with van der Waals surface area (Å²) in [5.74, 6) is -0.0684. The van der Waals surface area contributed by atoms with Crippen molar-refractivity contribution in [3.05, 3.63) is 29.8 Å². The van der Waals surface area contributed by atoms with Crippen molar-refractivity contribution in [1.29, 1.82) is 0 Å². The highest BCUT2D eigenvalue weighted by Gasteiger charge is 2.03. The van der Waals surface area contributed by atoms with E-state index in [-0.39, 0.29) is 5.91 Å². The van der Waals surface area contributed by atoms with Crippen molar-refractivity contribution in [2.24, 2.45) is 0 Å². The van der Waals surface area contributed by atoms with Crippen LogP contribution in [0.25, 0.3) is 0 Å². The van der Waals surface area contributed by atoms with Crippen molar-refractivity contribution in [2.75, 3.05) is 31.7 Å². The standard InChI is InChI=1S/C20H31NO4/c1-2-3-4-5-14-24-16-17-25-15-12-20(23)21-19-10-8-18(9-11-19)7-6-13-22/h8-11,13H,2-7,12,14-17H2,1H3,(H,21,23). The minimum absolute atomic E-state index is 0.0684. The van der Waals surface area contributed by atoms with Crippen molar-refractivity contribution in [2.45, 2.75) is 51.9 Å². The minimum atomic E-state index is -0.0684. The van der Waals surface area contributed by atoms with Crippen molar-refractivity contribution < 1.29 is 19.1 Å². The fourth-order valence-electron chi connectivity index (χ4n) is 2.32. The lowest BCUT2D eigenvalue weighted by Crippen LogP contribution is -2.15. The van der Waals surface area contributed by atoms with Crippen molar-refractivity contribution in [3.63, 3.8) is 0 Å². The molecule has 5 heteroatoms. The van der Waals surface area contributed by atoms with E-state index < -0.39 is 0 Å². The second-order valence-corrected chi connectivity index (χ2v) is 5.99. The van der Waals surface area contributed by atoms with Gasteiger partial charge in [0.1, 0.15) is 6.29 Å². The third kappa shape index (κ3) is 11.5. The Labute approximate surface area is 151 Å². The van der Waals surface area contributed by atoms with Gasteiger partial charge in [0.15, 0.2) is 0 Å². The lowest BCUT2D eigenvalue weighted by molar-refractivity contribution is -0.117. The Kier molecular flexibility index (Phi) is 12.5. The Morgan fingerprint density at radius 1 is 1.00 bits per heavy atom. The zero-order valence-electron chi connectivity index (χ0n) is 15.3. The number of unbranched alkanes of at least 4 members (excludes halogenated alkanes) is 3. The molecule has 0 atom stereocenters. The van der Waals surface area contributed by atoms with Crippen molar-refractivity contribution >= 4 is 17.9 Å². The lowest BCUT2D eigenvalue weighted by atomic mass is 10.1. The molecule has 0 bridgehead atoms. The van der Waals surface area contributed by atoms with E-state index in [4.69, 9.17) is 9.47 Å². The number of hydrogen-bond acceptors (Lipinski definition) is 4. The van der Waals surface area contributed by atoms with Crippen LogP contribution in [-0.2, 0) is 25.5 Å². The van der Waals surface area contributed by atoms with E-state index in [1.54, 1.807) is 0 Å². The van der Waals surface area contributed by atoms with Gasteiger partial charge in [-0.1, -0.05) is 38.3 Å². The lowest BCUT2D eigenvalue weighted by Gasteiger charge is -2.07. The number of amides is 1. The van der Waals surface area contributed by atoms with Crippen LogP contribution in [0.2, 0.25) is 0 Å². The molecule has 0 saturated carbocycles. The number of ether oxygens (including phenoxy) is 2. The number of anilines is 1. The Bertz CT molecular complexity index is 473. The largest absolute Gasteiger partial charge is 0.379 e. The van der Waals surface area contributed by atoms with Crippen LogP contribution < -0.4 is 5.32 Å². The van der Waals surface area contributed by atoms with Gasteiger partial charge in [-0.2, -0.15) is 0 Å². The molecule has 25 heavy (non-hydrogen) atoms. The first-order chi connectivity index (χ1) is 12.3. The van der Waals surface area contributed by atoms with Crippen molar-refractivity contribution in [3.8, 4) is 0 Å². The molecule has 1 aromatic carbocycles. The molecule has 0 aliphatic heterocycles. The topological polar surface area (TPSA) is 64.6 Å². The second kappa shape index (κ2) is 14.6. The van der Waals surface area contributed by atoms with Crippen LogP contribution in [0.3, 0.4) is 0 Å². The van der Waals surface area contributed by atoms with Crippen LogP contribution in [0, 0.1) is 0 Å². The summed E-state index contributed by atoms with van der Waals surface area (Å²) in [6.45, 7) is 4.47. The van der Waals surface area contributed by atoms with E-state index in [2.05, 4.69) is 12.2 Å². The fourth-order valence-corrected chi connectivity index (χ4v) is 2.32. The number of benzene rings is 1. The summed E-state index contributed by atoms with van der Waals surface area (Å²) >= 11 is 0. The average molecular weight is 349 g/mol. The van der Waals surface area contributed by atoms with Crippen LogP contribution in [0.5, 0.6) is 0 Å². The molecule has 1 rings (SSSR count). The van der Waals surface area contributed by atoms with Gasteiger partial charge < -0.3 is 19.6 Å². The van der Waals surface area contributed by atoms with E-state index in [0.29, 0.717) is 32.7 Å². The molecule has 0 radical (unpaired) electrons. The monoisotopic (exact) mass is 349 g/mol. The van der Waals surface area contributed by atoms with Crippen LogP contribution in [0.15, 0.2) is 24.3 Å². The number of nitrogens with one attached hydrogen (secondary N) is 1. The third-order valence-electron chi connectivity index (χ3n) is 3.78. The fraction of sp³-hybridized carbons (Fsp3) is 0.600. The van der Waals surface area contributed by atoms with E-state index in [9.17, 15) is 9.59 Å². The Hall–Kier alpha value is -1.72. The molecule has 1 amide bonds. The van der Waals surface area contributed by atoms with Crippen LogP contribution in [-0.4, -0.2) is 38.6 Å². The molecule has 0 saturated heterocycles. The van der Waals surface area contributed by atoms with E-state index in [0.717, 1.165) is 37.0 Å². The minimum Gasteiger partial charge on any atom is -0.379 e. The third-order valence-corrected chi connectivity index (χ3v) is 3.78. The molecule has 1 aromatic rings. The first kappa shape index (κ1) is 21.3. The maximum atomic E-state index is 11.8. The molecular formula is C20H31NO4. The van der Waals surface area contributed by atoms with E-state index in [1.807, 2.05) is 24.3 Å². The van der Waals surface area contributed by atoms with E-state index >= 15 is 0 Å². The SMILES string of the molecule is CCCCCCOCCOCCC(=O)Nc1ccc(CCC=O)cc1. The average Bonchev–Trinajstić information content (AvgIpc) is 2.62. The molecule has 0 aromatic heterocycles. The van der Waals surface area contributed by atoms with Crippen molar-refractivity contribution in [1.82, 2.24) is 0 Å². The van der Waals surface area contributed by atoms with Gasteiger partial charge in [-0.3, -0.25) is 4.79 Å². The summed E-state index contributed by atoms with van der Waals surface area (Å²) in [5.41, 5.74) is 1.85. The summed E-state index contributed by atoms with van der Waals surface area (Å²) in [4.78, 5) is 22.2. The molecule has 0 aliphatic carbocycles. The van der Waals surface area contributed by atoms with Crippen LogP contribution >= 0.6 is 0 Å². The highest BCUT2D eigenvalue weighted by atomic mass is 16.5. The Balaban J connectivity index is 2.02. The first-order valence-corrected chi connectivity index (χ1v) is 9.24. The van der Waals surface area contributed by atoms with Gasteiger partial charge in [-0.15, -0.1) is 0 Å². The summed E-state index contributed by atoms with van der Waals surface area (Å²) in [7, 11) is 0. The summed E-state index contributed by atoms with van der Waals surface area (Å²) in [5, 5.41) is 2.84. The smallest absolute Gasteiger partial charge is 0.226 e. The van der Waals surface area contributed by atoms with Gasteiger partial charge in [-0.25, -0.2) is 0 Å². The zero-order valence-corrected chi connectivity index (χ0v) is 15.3. The van der Waals surface area contributed by atoms with Crippen LogP contribution in [0.4, 0.5) is 5.69 Å². The van der Waals surface area contributed by atoms with Gasteiger partial charge in [-0.05, 0) is 30.5 Å². The summed E-state index contributed by atoms with van der Waals surface area (Å²) < 4.78 is 10.9. The molecule has 0 spiro atoms.